The molecule has 2 saturated heterocycles. The third-order valence-corrected chi connectivity index (χ3v) is 7.68. The maximum atomic E-state index is 14.2. The normalized spacial score (nSPS) is 20.5. The first-order valence-electron chi connectivity index (χ1n) is 12.1. The van der Waals surface area contributed by atoms with E-state index in [4.69, 9.17) is 27.6 Å². The molecule has 10 heteroatoms. The molecule has 2 fully saturated rings. The second-order valence-electron chi connectivity index (χ2n) is 9.26. The molecule has 0 aliphatic carbocycles. The van der Waals surface area contributed by atoms with E-state index in [0.717, 1.165) is 57.8 Å². The van der Waals surface area contributed by atoms with E-state index in [1.54, 1.807) is 18.3 Å². The summed E-state index contributed by atoms with van der Waals surface area (Å²) < 4.78 is 19.5. The van der Waals surface area contributed by atoms with E-state index in [9.17, 15) is 4.39 Å². The van der Waals surface area contributed by atoms with Crippen LogP contribution in [0, 0.1) is 5.82 Å². The number of anilines is 1. The number of hydrogen-bond donors (Lipinski definition) is 0. The minimum atomic E-state index is -0.223. The lowest BCUT2D eigenvalue weighted by molar-refractivity contribution is 0.0607. The summed E-state index contributed by atoms with van der Waals surface area (Å²) in [7, 11) is 0. The second-order valence-corrected chi connectivity index (χ2v) is 10.1. The molecule has 2 aromatic heterocycles. The van der Waals surface area contributed by atoms with Gasteiger partial charge in [0.25, 0.3) is 0 Å². The first-order valence-corrected chi connectivity index (χ1v) is 12.9. The van der Waals surface area contributed by atoms with Crippen molar-refractivity contribution in [2.24, 2.45) is 0 Å². The monoisotopic (exact) mass is 518 g/mol. The standard InChI is InChI=1S/C25H29Cl2FN6O/c1-2-20-15-33(24-22(27)11-18(13-29-24)25-31-30-16-35-25)9-10-34(20)21-5-7-32(8-6-21)14-17-3-4-19(26)12-23(17)28/h3-4,11-13,16,20-21H,2,5-10,14-15H2,1H3/t20-/m0/s1. The van der Waals surface area contributed by atoms with Crippen molar-refractivity contribution in [3.05, 3.63) is 58.3 Å². The Morgan fingerprint density at radius 2 is 1.94 bits per heavy atom. The van der Waals surface area contributed by atoms with Crippen LogP contribution in [0.1, 0.15) is 31.7 Å². The Morgan fingerprint density at radius 3 is 2.63 bits per heavy atom. The molecule has 0 spiro atoms. The van der Waals surface area contributed by atoms with Crippen molar-refractivity contribution in [3.8, 4) is 11.5 Å². The lowest BCUT2D eigenvalue weighted by Gasteiger charge is -2.47. The van der Waals surface area contributed by atoms with E-state index < -0.39 is 0 Å². The number of piperidine rings is 1. The average Bonchev–Trinajstić information content (AvgIpc) is 3.41. The summed E-state index contributed by atoms with van der Waals surface area (Å²) in [6.07, 6.45) is 6.27. The molecular weight excluding hydrogens is 490 g/mol. The quantitative estimate of drug-likeness (QED) is 0.447. The number of nitrogens with zero attached hydrogens (tertiary/aromatic N) is 6. The molecule has 4 heterocycles. The van der Waals surface area contributed by atoms with Gasteiger partial charge in [0.15, 0.2) is 0 Å². The van der Waals surface area contributed by atoms with Gasteiger partial charge in [-0.1, -0.05) is 36.2 Å². The van der Waals surface area contributed by atoms with Crippen LogP contribution in [-0.4, -0.2) is 69.8 Å². The molecule has 2 aliphatic heterocycles. The van der Waals surface area contributed by atoms with Gasteiger partial charge in [-0.05, 0) is 50.6 Å². The molecule has 1 aromatic carbocycles. The van der Waals surface area contributed by atoms with Crippen LogP contribution in [0.5, 0.6) is 0 Å². The SMILES string of the molecule is CC[C@H]1CN(c2ncc(-c3nnco3)cc2Cl)CCN1C1CCN(Cc2ccc(Cl)cc2F)CC1. The van der Waals surface area contributed by atoms with Gasteiger partial charge in [0, 0.05) is 55.0 Å². The molecule has 0 unspecified atom stereocenters. The van der Waals surface area contributed by atoms with Gasteiger partial charge in [-0.3, -0.25) is 9.80 Å². The lowest BCUT2D eigenvalue weighted by Crippen LogP contribution is -2.58. The van der Waals surface area contributed by atoms with Crippen molar-refractivity contribution in [2.75, 3.05) is 37.6 Å². The Balaban J connectivity index is 1.19. The Kier molecular flexibility index (Phi) is 7.53. The van der Waals surface area contributed by atoms with Crippen LogP contribution in [0.3, 0.4) is 0 Å². The molecule has 2 aliphatic rings. The minimum Gasteiger partial charge on any atom is -0.423 e. The maximum absolute atomic E-state index is 14.2. The Hall–Kier alpha value is -2.26. The van der Waals surface area contributed by atoms with Gasteiger partial charge in [0.1, 0.15) is 11.6 Å². The third-order valence-electron chi connectivity index (χ3n) is 7.16. The van der Waals surface area contributed by atoms with E-state index in [0.29, 0.717) is 45.7 Å². The van der Waals surface area contributed by atoms with Crippen molar-refractivity contribution in [2.45, 2.75) is 44.8 Å². The van der Waals surface area contributed by atoms with Gasteiger partial charge in [-0.15, -0.1) is 10.2 Å². The molecule has 7 nitrogen and oxygen atoms in total. The van der Waals surface area contributed by atoms with Crippen LogP contribution in [0.4, 0.5) is 10.2 Å². The van der Waals surface area contributed by atoms with Crippen LogP contribution in [0.2, 0.25) is 10.0 Å². The fourth-order valence-corrected chi connectivity index (χ4v) is 5.73. The number of likely N-dealkylation sites (tertiary alicyclic amines) is 1. The van der Waals surface area contributed by atoms with Gasteiger partial charge < -0.3 is 9.32 Å². The lowest BCUT2D eigenvalue weighted by atomic mass is 9.97. The summed E-state index contributed by atoms with van der Waals surface area (Å²) in [6, 6.07) is 7.76. The van der Waals surface area contributed by atoms with Crippen LogP contribution in [-0.2, 0) is 6.54 Å². The van der Waals surface area contributed by atoms with Gasteiger partial charge in [0.2, 0.25) is 12.3 Å². The largest absolute Gasteiger partial charge is 0.423 e. The predicted octanol–water partition coefficient (Wildman–Crippen LogP) is 5.14. The molecule has 5 rings (SSSR count). The number of pyridine rings is 1. The Labute approximate surface area is 214 Å². The zero-order valence-corrected chi connectivity index (χ0v) is 21.2. The highest BCUT2D eigenvalue weighted by Gasteiger charge is 2.34. The van der Waals surface area contributed by atoms with E-state index in [1.807, 2.05) is 6.07 Å². The van der Waals surface area contributed by atoms with Crippen molar-refractivity contribution < 1.29 is 8.81 Å². The molecule has 1 atom stereocenters. The molecule has 0 amide bonds. The fraction of sp³-hybridized carbons (Fsp3) is 0.480. The number of hydrogen-bond acceptors (Lipinski definition) is 7. The summed E-state index contributed by atoms with van der Waals surface area (Å²) in [5.41, 5.74) is 1.43. The van der Waals surface area contributed by atoms with E-state index in [1.165, 1.54) is 12.5 Å². The Bertz CT molecular complexity index is 1140. The summed E-state index contributed by atoms with van der Waals surface area (Å²) in [6.45, 7) is 7.54. The number of benzene rings is 1. The molecule has 0 bridgehead atoms. The number of rotatable bonds is 6. The van der Waals surface area contributed by atoms with E-state index in [2.05, 4.69) is 36.8 Å². The number of halogens is 3. The molecule has 186 valence electrons. The number of piperazine rings is 1. The smallest absolute Gasteiger partial charge is 0.249 e. The fourth-order valence-electron chi connectivity index (χ4n) is 5.29. The average molecular weight is 519 g/mol. The highest BCUT2D eigenvalue weighted by molar-refractivity contribution is 6.33. The molecule has 35 heavy (non-hydrogen) atoms. The van der Waals surface area contributed by atoms with Crippen molar-refractivity contribution in [1.82, 2.24) is 25.0 Å². The van der Waals surface area contributed by atoms with E-state index in [-0.39, 0.29) is 5.82 Å². The molecule has 0 radical (unpaired) electrons. The summed E-state index contributed by atoms with van der Waals surface area (Å²) >= 11 is 12.5. The second kappa shape index (κ2) is 10.8. The zero-order valence-electron chi connectivity index (χ0n) is 19.7. The van der Waals surface area contributed by atoms with Gasteiger partial charge in [0.05, 0.1) is 10.6 Å². The van der Waals surface area contributed by atoms with Crippen LogP contribution in [0.25, 0.3) is 11.5 Å². The summed E-state index contributed by atoms with van der Waals surface area (Å²) in [5, 5.41) is 8.68. The first-order chi connectivity index (χ1) is 17.0. The molecular formula is C25H29Cl2FN6O. The van der Waals surface area contributed by atoms with E-state index >= 15 is 0 Å². The van der Waals surface area contributed by atoms with Crippen molar-refractivity contribution >= 4 is 29.0 Å². The highest BCUT2D eigenvalue weighted by Crippen LogP contribution is 2.31. The third kappa shape index (κ3) is 5.45. The summed E-state index contributed by atoms with van der Waals surface area (Å²) in [5.74, 6) is 0.986. The molecule has 0 saturated carbocycles. The summed E-state index contributed by atoms with van der Waals surface area (Å²) in [4.78, 5) is 11.9. The first kappa shape index (κ1) is 24.4. The Morgan fingerprint density at radius 1 is 1.11 bits per heavy atom. The van der Waals surface area contributed by atoms with Gasteiger partial charge in [-0.2, -0.15) is 0 Å². The molecule has 3 aromatic rings. The topological polar surface area (TPSA) is 61.5 Å². The predicted molar refractivity (Wildman–Crippen MR) is 135 cm³/mol. The molecule has 0 N–H and O–H groups in total. The van der Waals surface area contributed by atoms with Crippen molar-refractivity contribution in [3.63, 3.8) is 0 Å². The maximum Gasteiger partial charge on any atom is 0.249 e. The number of aromatic nitrogens is 3. The van der Waals surface area contributed by atoms with Gasteiger partial charge >= 0.3 is 0 Å². The van der Waals surface area contributed by atoms with Crippen molar-refractivity contribution in [1.29, 1.82) is 0 Å². The minimum absolute atomic E-state index is 0.223. The zero-order chi connectivity index (χ0) is 24.4. The van der Waals surface area contributed by atoms with Crippen LogP contribution < -0.4 is 4.90 Å². The van der Waals surface area contributed by atoms with Gasteiger partial charge in [-0.25, -0.2) is 9.37 Å². The van der Waals surface area contributed by atoms with Crippen LogP contribution >= 0.6 is 23.2 Å². The highest BCUT2D eigenvalue weighted by atomic mass is 35.5. The van der Waals surface area contributed by atoms with Crippen LogP contribution in [0.15, 0.2) is 41.3 Å².